The lowest BCUT2D eigenvalue weighted by molar-refractivity contribution is -0.138. The summed E-state index contributed by atoms with van der Waals surface area (Å²) < 4.78 is 1.80. The minimum Gasteiger partial charge on any atom is -0.481 e. The van der Waals surface area contributed by atoms with Crippen molar-refractivity contribution in [2.24, 2.45) is 5.92 Å². The molecule has 0 spiro atoms. The Balaban J connectivity index is 2.06. The molecule has 2 rings (SSSR count). The average Bonchev–Trinajstić information content (AvgIpc) is 2.88. The van der Waals surface area contributed by atoms with Crippen LogP contribution in [0, 0.1) is 12.8 Å². The Morgan fingerprint density at radius 3 is 2.50 bits per heavy atom. The van der Waals surface area contributed by atoms with E-state index >= 15 is 0 Å². The molecule has 2 aromatic rings. The minimum atomic E-state index is -0.964. The van der Waals surface area contributed by atoms with Crippen molar-refractivity contribution in [1.29, 1.82) is 0 Å². The van der Waals surface area contributed by atoms with Crippen LogP contribution in [0.25, 0.3) is 0 Å². The van der Waals surface area contributed by atoms with Crippen LogP contribution in [0.2, 0.25) is 0 Å². The van der Waals surface area contributed by atoms with Crippen LogP contribution < -0.4 is 5.32 Å². The molecule has 0 aliphatic rings. The maximum atomic E-state index is 12.4. The fourth-order valence-electron chi connectivity index (χ4n) is 2.52. The summed E-state index contributed by atoms with van der Waals surface area (Å²) in [7, 11) is 0. The molecule has 0 fully saturated rings. The van der Waals surface area contributed by atoms with E-state index in [9.17, 15) is 14.7 Å². The van der Waals surface area contributed by atoms with Crippen LogP contribution in [0.15, 0.2) is 36.5 Å². The molecule has 1 aromatic carbocycles. The third-order valence-electron chi connectivity index (χ3n) is 3.85. The van der Waals surface area contributed by atoms with E-state index in [2.05, 4.69) is 24.3 Å². The van der Waals surface area contributed by atoms with E-state index in [1.54, 1.807) is 28.9 Å². The van der Waals surface area contributed by atoms with Gasteiger partial charge in [0.1, 0.15) is 0 Å². The summed E-state index contributed by atoms with van der Waals surface area (Å²) in [4.78, 5) is 23.8. The van der Waals surface area contributed by atoms with Crippen LogP contribution in [-0.2, 0) is 11.3 Å². The number of hydrogen-bond donors (Lipinski definition) is 2. The molecule has 2 N–H and O–H groups in total. The maximum Gasteiger partial charge on any atom is 0.312 e. The van der Waals surface area contributed by atoms with Gasteiger partial charge in [-0.15, -0.1) is 0 Å². The number of amides is 1. The highest BCUT2D eigenvalue weighted by Gasteiger charge is 2.22. The van der Waals surface area contributed by atoms with Gasteiger partial charge < -0.3 is 10.4 Å². The van der Waals surface area contributed by atoms with Crippen LogP contribution in [-0.4, -0.2) is 33.3 Å². The van der Waals surface area contributed by atoms with Gasteiger partial charge in [0.25, 0.3) is 5.91 Å². The second kappa shape index (κ2) is 7.77. The number of aromatic nitrogens is 2. The van der Waals surface area contributed by atoms with Gasteiger partial charge in [-0.05, 0) is 18.4 Å². The van der Waals surface area contributed by atoms with Gasteiger partial charge in [-0.2, -0.15) is 5.10 Å². The molecule has 1 aromatic heterocycles. The summed E-state index contributed by atoms with van der Waals surface area (Å²) in [5.41, 5.74) is 1.93. The van der Waals surface area contributed by atoms with Gasteiger partial charge in [0, 0.05) is 18.8 Å². The molecular weight excluding hydrogens is 306 g/mol. The number of carboxylic acid groups (broad SMARTS) is 1. The number of carbonyl (C=O) groups excluding carboxylic acids is 1. The van der Waals surface area contributed by atoms with Crippen molar-refractivity contribution in [3.05, 3.63) is 53.3 Å². The molecule has 0 aliphatic heterocycles. The van der Waals surface area contributed by atoms with Crippen molar-refractivity contribution in [3.8, 4) is 0 Å². The first-order valence-corrected chi connectivity index (χ1v) is 7.98. The number of carbonyl (C=O) groups is 2. The molecule has 1 heterocycles. The van der Waals surface area contributed by atoms with E-state index in [-0.39, 0.29) is 12.5 Å². The van der Waals surface area contributed by atoms with E-state index < -0.39 is 11.9 Å². The molecule has 0 saturated carbocycles. The first-order valence-electron chi connectivity index (χ1n) is 7.98. The zero-order chi connectivity index (χ0) is 17.7. The van der Waals surface area contributed by atoms with Crippen LogP contribution in [0.1, 0.15) is 41.4 Å². The number of benzene rings is 1. The van der Waals surface area contributed by atoms with E-state index in [1.165, 1.54) is 6.20 Å². The van der Waals surface area contributed by atoms with Crippen LogP contribution in [0.3, 0.4) is 0 Å². The Morgan fingerprint density at radius 2 is 1.92 bits per heavy atom. The van der Waals surface area contributed by atoms with Gasteiger partial charge >= 0.3 is 5.97 Å². The highest BCUT2D eigenvalue weighted by molar-refractivity contribution is 5.95. The second-order valence-corrected chi connectivity index (χ2v) is 6.23. The lowest BCUT2D eigenvalue weighted by Crippen LogP contribution is -2.32. The Morgan fingerprint density at radius 1 is 1.25 bits per heavy atom. The molecule has 6 nitrogen and oxygen atoms in total. The Labute approximate surface area is 141 Å². The molecule has 0 saturated heterocycles. The summed E-state index contributed by atoms with van der Waals surface area (Å²) in [6.07, 6.45) is 1.53. The molecule has 0 bridgehead atoms. The van der Waals surface area contributed by atoms with E-state index in [4.69, 9.17) is 0 Å². The molecular formula is C18H23N3O3. The Bertz CT molecular complexity index is 708. The average molecular weight is 329 g/mol. The quantitative estimate of drug-likeness (QED) is 0.817. The highest BCUT2D eigenvalue weighted by Crippen LogP contribution is 2.15. The number of carboxylic acids is 1. The van der Waals surface area contributed by atoms with Crippen LogP contribution in [0.4, 0.5) is 0 Å². The number of nitrogens with one attached hydrogen (secondary N) is 1. The maximum absolute atomic E-state index is 12.4. The van der Waals surface area contributed by atoms with Crippen molar-refractivity contribution in [1.82, 2.24) is 15.1 Å². The molecule has 1 atom stereocenters. The van der Waals surface area contributed by atoms with Gasteiger partial charge in [0.15, 0.2) is 0 Å². The van der Waals surface area contributed by atoms with Gasteiger partial charge in [-0.1, -0.05) is 44.2 Å². The normalized spacial score (nSPS) is 12.2. The summed E-state index contributed by atoms with van der Waals surface area (Å²) >= 11 is 0. The SMILES string of the molecule is Cc1c(C(=O)NC[C@H](C(=O)O)c2ccccc2)cnn1CC(C)C. The second-order valence-electron chi connectivity index (χ2n) is 6.23. The first kappa shape index (κ1) is 17.7. The zero-order valence-corrected chi connectivity index (χ0v) is 14.2. The third kappa shape index (κ3) is 4.22. The van der Waals surface area contributed by atoms with Crippen molar-refractivity contribution >= 4 is 11.9 Å². The van der Waals surface area contributed by atoms with Crippen molar-refractivity contribution in [3.63, 3.8) is 0 Å². The minimum absolute atomic E-state index is 0.0347. The lowest BCUT2D eigenvalue weighted by Gasteiger charge is -2.14. The van der Waals surface area contributed by atoms with Crippen molar-refractivity contribution in [2.45, 2.75) is 33.2 Å². The molecule has 6 heteroatoms. The van der Waals surface area contributed by atoms with Crippen molar-refractivity contribution < 1.29 is 14.7 Å². The number of nitrogens with zero attached hydrogens (tertiary/aromatic N) is 2. The summed E-state index contributed by atoms with van der Waals surface area (Å²) in [5, 5.41) is 16.4. The summed E-state index contributed by atoms with van der Waals surface area (Å²) in [6, 6.07) is 8.89. The topological polar surface area (TPSA) is 84.2 Å². The molecule has 0 radical (unpaired) electrons. The zero-order valence-electron chi connectivity index (χ0n) is 14.2. The fraction of sp³-hybridized carbons (Fsp3) is 0.389. The standard InChI is InChI=1S/C18H23N3O3/c1-12(2)11-21-13(3)15(10-20-21)17(22)19-9-16(18(23)24)14-7-5-4-6-8-14/h4-8,10,12,16H,9,11H2,1-3H3,(H,19,22)(H,23,24)/t16-/m0/s1. The van der Waals surface area contributed by atoms with E-state index in [1.807, 2.05) is 13.0 Å². The Hall–Kier alpha value is -2.63. The van der Waals surface area contributed by atoms with Gasteiger partial charge in [0.05, 0.1) is 17.7 Å². The number of aliphatic carboxylic acids is 1. The van der Waals surface area contributed by atoms with E-state index in [0.29, 0.717) is 17.0 Å². The number of hydrogen-bond acceptors (Lipinski definition) is 3. The van der Waals surface area contributed by atoms with Crippen LogP contribution in [0.5, 0.6) is 0 Å². The predicted molar refractivity (Wildman–Crippen MR) is 91.0 cm³/mol. The molecule has 1 amide bonds. The van der Waals surface area contributed by atoms with Gasteiger partial charge in [-0.25, -0.2) is 0 Å². The molecule has 128 valence electrons. The molecule has 0 unspecified atom stereocenters. The fourth-order valence-corrected chi connectivity index (χ4v) is 2.52. The van der Waals surface area contributed by atoms with E-state index in [0.717, 1.165) is 12.2 Å². The Kier molecular flexibility index (Phi) is 5.73. The smallest absolute Gasteiger partial charge is 0.312 e. The largest absolute Gasteiger partial charge is 0.481 e. The summed E-state index contributed by atoms with van der Waals surface area (Å²) in [6.45, 7) is 6.78. The highest BCUT2D eigenvalue weighted by atomic mass is 16.4. The third-order valence-corrected chi connectivity index (χ3v) is 3.85. The molecule has 24 heavy (non-hydrogen) atoms. The lowest BCUT2D eigenvalue weighted by atomic mass is 9.99. The summed E-state index contributed by atoms with van der Waals surface area (Å²) in [5.74, 6) is -1.62. The first-order chi connectivity index (χ1) is 11.4. The monoisotopic (exact) mass is 329 g/mol. The van der Waals surface area contributed by atoms with Crippen LogP contribution >= 0.6 is 0 Å². The number of rotatable bonds is 7. The van der Waals surface area contributed by atoms with Crippen molar-refractivity contribution in [2.75, 3.05) is 6.54 Å². The predicted octanol–water partition coefficient (Wildman–Crippen LogP) is 2.45. The van der Waals surface area contributed by atoms with Gasteiger partial charge in [-0.3, -0.25) is 14.3 Å². The molecule has 0 aliphatic carbocycles. The van der Waals surface area contributed by atoms with Gasteiger partial charge in [0.2, 0.25) is 0 Å².